The average Bonchev–Trinajstić information content (AvgIpc) is 2.36. The number of nitrogens with one attached hydrogen (secondary N) is 2. The highest BCUT2D eigenvalue weighted by Gasteiger charge is 2.07. The number of amides is 1. The van der Waals surface area contributed by atoms with Crippen LogP contribution in [0.2, 0.25) is 5.02 Å². The summed E-state index contributed by atoms with van der Waals surface area (Å²) >= 11 is 8.79. The van der Waals surface area contributed by atoms with E-state index in [-0.39, 0.29) is 11.0 Å². The molecule has 0 aliphatic carbocycles. The maximum atomic E-state index is 11.8. The van der Waals surface area contributed by atoms with Gasteiger partial charge in [-0.1, -0.05) is 17.7 Å². The summed E-state index contributed by atoms with van der Waals surface area (Å²) in [5, 5.41) is 3.09. The maximum absolute atomic E-state index is 11.8. The first-order valence-electron chi connectivity index (χ1n) is 5.50. The first-order valence-corrected chi connectivity index (χ1v) is 6.67. The van der Waals surface area contributed by atoms with Crippen molar-refractivity contribution in [2.24, 2.45) is 0 Å². The Morgan fingerprint density at radius 2 is 2.15 bits per heavy atom. The molecule has 0 saturated carbocycles. The summed E-state index contributed by atoms with van der Waals surface area (Å²) in [6.45, 7) is -0.222. The molecule has 0 fully saturated rings. The molecule has 1 heterocycles. The van der Waals surface area contributed by atoms with Crippen molar-refractivity contribution < 1.29 is 4.79 Å². The highest BCUT2D eigenvalue weighted by Crippen LogP contribution is 2.14. The van der Waals surface area contributed by atoms with E-state index >= 15 is 0 Å². The predicted octanol–water partition coefficient (Wildman–Crippen LogP) is 1.59. The number of benzene rings is 1. The molecule has 2 rings (SSSR count). The normalized spacial score (nSPS) is 10.3. The summed E-state index contributed by atoms with van der Waals surface area (Å²) < 4.78 is 1.26. The van der Waals surface area contributed by atoms with Gasteiger partial charge in [0, 0.05) is 16.9 Å². The van der Waals surface area contributed by atoms with Crippen molar-refractivity contribution in [1.82, 2.24) is 9.55 Å². The number of rotatable bonds is 3. The van der Waals surface area contributed by atoms with Crippen LogP contribution in [0.1, 0.15) is 0 Å². The summed E-state index contributed by atoms with van der Waals surface area (Å²) in [7, 11) is 0. The lowest BCUT2D eigenvalue weighted by Crippen LogP contribution is -2.33. The molecule has 0 bridgehead atoms. The zero-order chi connectivity index (χ0) is 14.7. The largest absolute Gasteiger partial charge is 0.328 e. The Morgan fingerprint density at radius 3 is 2.85 bits per heavy atom. The Morgan fingerprint density at radius 1 is 1.40 bits per heavy atom. The molecule has 1 aromatic heterocycles. The zero-order valence-corrected chi connectivity index (χ0v) is 12.4. The fraction of sp³-hybridized carbons (Fsp3) is 0.0833. The van der Waals surface area contributed by atoms with Crippen molar-refractivity contribution in [1.29, 1.82) is 0 Å². The van der Waals surface area contributed by atoms with E-state index in [9.17, 15) is 14.4 Å². The molecule has 6 nitrogen and oxygen atoms in total. The van der Waals surface area contributed by atoms with E-state index in [1.807, 2.05) is 0 Å². The van der Waals surface area contributed by atoms with E-state index in [1.54, 1.807) is 24.3 Å². The summed E-state index contributed by atoms with van der Waals surface area (Å²) in [5.41, 5.74) is -0.667. The highest BCUT2D eigenvalue weighted by atomic mass is 79.9. The van der Waals surface area contributed by atoms with Crippen LogP contribution in [0.4, 0.5) is 5.69 Å². The molecule has 104 valence electrons. The molecule has 0 aliphatic heterocycles. The van der Waals surface area contributed by atoms with E-state index in [0.29, 0.717) is 10.7 Å². The minimum Gasteiger partial charge on any atom is -0.324 e. The van der Waals surface area contributed by atoms with E-state index in [1.165, 1.54) is 6.20 Å². The van der Waals surface area contributed by atoms with E-state index in [2.05, 4.69) is 26.2 Å². The van der Waals surface area contributed by atoms with E-state index < -0.39 is 17.2 Å². The first kappa shape index (κ1) is 14.5. The van der Waals surface area contributed by atoms with Gasteiger partial charge in [0.05, 0.1) is 4.47 Å². The van der Waals surface area contributed by atoms with Gasteiger partial charge in [-0.3, -0.25) is 19.1 Å². The summed E-state index contributed by atoms with van der Waals surface area (Å²) in [5.74, 6) is -0.409. The standard InChI is InChI=1S/C12H9BrClN3O3/c13-9-5-17(12(20)16-11(9)19)6-10(18)15-8-3-1-2-7(14)4-8/h1-5H,6H2,(H,15,18)(H,16,19,20). The van der Waals surface area contributed by atoms with E-state index in [0.717, 1.165) is 4.57 Å². The maximum Gasteiger partial charge on any atom is 0.328 e. The van der Waals surface area contributed by atoms with Crippen molar-refractivity contribution in [2.75, 3.05) is 5.32 Å². The molecular weight excluding hydrogens is 350 g/mol. The second kappa shape index (κ2) is 6.06. The number of hydrogen-bond donors (Lipinski definition) is 2. The smallest absolute Gasteiger partial charge is 0.324 e. The van der Waals surface area contributed by atoms with Crippen LogP contribution in [-0.2, 0) is 11.3 Å². The van der Waals surface area contributed by atoms with Crippen LogP contribution in [-0.4, -0.2) is 15.5 Å². The molecule has 0 aliphatic rings. The predicted molar refractivity (Wildman–Crippen MR) is 79.1 cm³/mol. The lowest BCUT2D eigenvalue weighted by atomic mass is 10.3. The summed E-state index contributed by atoms with van der Waals surface area (Å²) in [6, 6.07) is 6.64. The number of aromatic amines is 1. The molecule has 2 aromatic rings. The minimum absolute atomic E-state index is 0.174. The summed E-state index contributed by atoms with van der Waals surface area (Å²) in [4.78, 5) is 36.6. The quantitative estimate of drug-likeness (QED) is 0.874. The average molecular weight is 359 g/mol. The molecular formula is C12H9BrClN3O3. The molecule has 8 heteroatoms. The third-order valence-electron chi connectivity index (χ3n) is 2.39. The number of carbonyl (C=O) groups is 1. The van der Waals surface area contributed by atoms with Gasteiger partial charge in [-0.25, -0.2) is 4.79 Å². The Kier molecular flexibility index (Phi) is 4.41. The fourth-order valence-electron chi connectivity index (χ4n) is 1.52. The molecule has 1 amide bonds. The van der Waals surface area contributed by atoms with Gasteiger partial charge in [-0.2, -0.15) is 0 Å². The van der Waals surface area contributed by atoms with Gasteiger partial charge in [0.2, 0.25) is 5.91 Å². The van der Waals surface area contributed by atoms with Gasteiger partial charge in [0.1, 0.15) is 6.54 Å². The number of nitrogens with zero attached hydrogens (tertiary/aromatic N) is 1. The Balaban J connectivity index is 2.15. The first-order chi connectivity index (χ1) is 9.45. The number of hydrogen-bond acceptors (Lipinski definition) is 3. The van der Waals surface area contributed by atoms with Gasteiger partial charge in [0.25, 0.3) is 5.56 Å². The third-order valence-corrected chi connectivity index (χ3v) is 3.19. The van der Waals surface area contributed by atoms with Gasteiger partial charge in [-0.15, -0.1) is 0 Å². The lowest BCUT2D eigenvalue weighted by Gasteiger charge is -2.07. The number of aromatic nitrogens is 2. The van der Waals surface area contributed by atoms with Crippen LogP contribution >= 0.6 is 27.5 Å². The van der Waals surface area contributed by atoms with Crippen LogP contribution in [0, 0.1) is 0 Å². The molecule has 2 N–H and O–H groups in total. The second-order valence-corrected chi connectivity index (χ2v) is 5.21. The molecule has 0 saturated heterocycles. The molecule has 20 heavy (non-hydrogen) atoms. The van der Waals surface area contributed by atoms with E-state index in [4.69, 9.17) is 11.6 Å². The van der Waals surface area contributed by atoms with Crippen LogP contribution in [0.15, 0.2) is 44.5 Å². The minimum atomic E-state index is -0.653. The molecule has 1 aromatic carbocycles. The molecule has 0 spiro atoms. The van der Waals surface area contributed by atoms with Crippen molar-refractivity contribution in [3.8, 4) is 0 Å². The molecule has 0 unspecified atom stereocenters. The van der Waals surface area contributed by atoms with Gasteiger partial charge >= 0.3 is 5.69 Å². The number of carbonyl (C=O) groups excluding carboxylic acids is 1. The fourth-order valence-corrected chi connectivity index (χ4v) is 2.06. The Hall–Kier alpha value is -1.86. The van der Waals surface area contributed by atoms with Gasteiger partial charge in [0.15, 0.2) is 0 Å². The topological polar surface area (TPSA) is 84.0 Å². The number of halogens is 2. The molecule has 0 atom stereocenters. The zero-order valence-electron chi connectivity index (χ0n) is 10.0. The summed E-state index contributed by atoms with van der Waals surface area (Å²) in [6.07, 6.45) is 1.26. The van der Waals surface area contributed by atoms with Gasteiger partial charge in [-0.05, 0) is 34.1 Å². The van der Waals surface area contributed by atoms with Crippen LogP contribution in [0.25, 0.3) is 0 Å². The van der Waals surface area contributed by atoms with Crippen molar-refractivity contribution >= 4 is 39.1 Å². The number of H-pyrrole nitrogens is 1. The van der Waals surface area contributed by atoms with Crippen molar-refractivity contribution in [2.45, 2.75) is 6.54 Å². The number of anilines is 1. The Labute approximate surface area is 126 Å². The molecule has 0 radical (unpaired) electrons. The van der Waals surface area contributed by atoms with Gasteiger partial charge < -0.3 is 5.32 Å². The van der Waals surface area contributed by atoms with Crippen LogP contribution in [0.3, 0.4) is 0 Å². The Bertz CT molecular complexity index is 769. The van der Waals surface area contributed by atoms with Crippen LogP contribution in [0.5, 0.6) is 0 Å². The monoisotopic (exact) mass is 357 g/mol. The highest BCUT2D eigenvalue weighted by molar-refractivity contribution is 9.10. The van der Waals surface area contributed by atoms with Crippen LogP contribution < -0.4 is 16.6 Å². The third kappa shape index (κ3) is 3.58. The van der Waals surface area contributed by atoms with Crippen molar-refractivity contribution in [3.05, 3.63) is 60.8 Å². The SMILES string of the molecule is O=C(Cn1cc(Br)c(=O)[nH]c1=O)Nc1cccc(Cl)c1. The lowest BCUT2D eigenvalue weighted by molar-refractivity contribution is -0.116. The second-order valence-electron chi connectivity index (χ2n) is 3.92. The van der Waals surface area contributed by atoms with Crippen molar-refractivity contribution in [3.63, 3.8) is 0 Å².